The van der Waals surface area contributed by atoms with Crippen LogP contribution in [-0.4, -0.2) is 33.1 Å². The van der Waals surface area contributed by atoms with Crippen LogP contribution in [0.25, 0.3) is 10.6 Å². The van der Waals surface area contributed by atoms with Crippen LogP contribution >= 0.6 is 11.3 Å². The molecule has 3 aromatic rings. The van der Waals surface area contributed by atoms with Crippen LogP contribution in [0.2, 0.25) is 0 Å². The van der Waals surface area contributed by atoms with E-state index in [-0.39, 0.29) is 34.1 Å². The van der Waals surface area contributed by atoms with Gasteiger partial charge in [-0.25, -0.2) is 13.8 Å². The van der Waals surface area contributed by atoms with Gasteiger partial charge in [-0.2, -0.15) is 0 Å². The highest BCUT2D eigenvalue weighted by atomic mass is 32.1. The molecule has 9 heteroatoms. The van der Waals surface area contributed by atoms with Crippen LogP contribution in [0.5, 0.6) is 0 Å². The summed E-state index contributed by atoms with van der Waals surface area (Å²) in [5.74, 6) is -1.88. The van der Waals surface area contributed by atoms with E-state index in [1.165, 1.54) is 11.4 Å². The Morgan fingerprint density at radius 1 is 1.26 bits per heavy atom. The predicted octanol–water partition coefficient (Wildman–Crippen LogP) is 3.94. The summed E-state index contributed by atoms with van der Waals surface area (Å²) in [6.45, 7) is 1.95. The van der Waals surface area contributed by atoms with Crippen LogP contribution in [0.1, 0.15) is 41.7 Å². The molecule has 1 aliphatic carbocycles. The molecular formula is C22H22F2N4O2S. The highest BCUT2D eigenvalue weighted by Gasteiger charge is 2.34. The number of anilines is 1. The Labute approximate surface area is 182 Å². The molecule has 0 spiro atoms. The SMILES string of the molecule is C[C@H]1C[C@@H](c2ccncc2NC(=O)c2csc(-c3c(F)cccc3F)n2)C[C@@H](N)[C@@H]1O. The minimum absolute atomic E-state index is 0.0298. The molecule has 6 nitrogen and oxygen atoms in total. The van der Waals surface area contributed by atoms with E-state index in [1.54, 1.807) is 12.4 Å². The fourth-order valence-electron chi connectivity index (χ4n) is 4.08. The number of nitrogens with one attached hydrogen (secondary N) is 1. The fraction of sp³-hybridized carbons (Fsp3) is 0.318. The zero-order chi connectivity index (χ0) is 22.1. The van der Waals surface area contributed by atoms with Crippen LogP contribution in [0.3, 0.4) is 0 Å². The second kappa shape index (κ2) is 8.78. The number of hydrogen-bond acceptors (Lipinski definition) is 6. The van der Waals surface area contributed by atoms with E-state index in [2.05, 4.69) is 15.3 Å². The number of rotatable bonds is 4. The van der Waals surface area contributed by atoms with Crippen molar-refractivity contribution in [1.29, 1.82) is 0 Å². The molecule has 4 rings (SSSR count). The predicted molar refractivity (Wildman–Crippen MR) is 115 cm³/mol. The maximum absolute atomic E-state index is 14.0. The lowest BCUT2D eigenvalue weighted by atomic mass is 9.74. The molecule has 0 unspecified atom stereocenters. The number of hydrogen-bond donors (Lipinski definition) is 3. The van der Waals surface area contributed by atoms with Crippen molar-refractivity contribution in [2.45, 2.75) is 37.8 Å². The van der Waals surface area contributed by atoms with Gasteiger partial charge in [0.1, 0.15) is 22.3 Å². The van der Waals surface area contributed by atoms with Crippen LogP contribution in [-0.2, 0) is 0 Å². The number of aromatic nitrogens is 2. The Bertz CT molecular complexity index is 1070. The number of pyridine rings is 1. The Hall–Kier alpha value is -2.75. The molecule has 2 aromatic heterocycles. The van der Waals surface area contributed by atoms with Crippen molar-refractivity contribution in [2.75, 3.05) is 5.32 Å². The van der Waals surface area contributed by atoms with Crippen LogP contribution in [0.4, 0.5) is 14.5 Å². The molecule has 0 aliphatic heterocycles. The molecule has 1 saturated carbocycles. The third kappa shape index (κ3) is 4.34. The minimum atomic E-state index is -0.735. The zero-order valence-electron chi connectivity index (χ0n) is 16.8. The molecule has 1 aliphatic rings. The lowest BCUT2D eigenvalue weighted by Gasteiger charge is -2.36. The first-order chi connectivity index (χ1) is 14.8. The summed E-state index contributed by atoms with van der Waals surface area (Å²) in [5.41, 5.74) is 7.31. The molecule has 0 saturated heterocycles. The smallest absolute Gasteiger partial charge is 0.275 e. The number of thiazole rings is 1. The zero-order valence-corrected chi connectivity index (χ0v) is 17.6. The van der Waals surface area contributed by atoms with Gasteiger partial charge in [-0.05, 0) is 48.4 Å². The number of amides is 1. The molecule has 162 valence electrons. The van der Waals surface area contributed by atoms with E-state index in [4.69, 9.17) is 5.73 Å². The van der Waals surface area contributed by atoms with Gasteiger partial charge < -0.3 is 16.2 Å². The standard InChI is InChI=1S/C22H22F2N4O2S/c1-11-7-12(8-16(25)20(11)29)13-5-6-26-9-17(13)27-21(30)18-10-31-22(28-18)19-14(23)3-2-4-15(19)24/h2-6,9-12,16,20,29H,7-8,25H2,1H3,(H,27,30)/t11-,12+,16+,20+/m0/s1. The Morgan fingerprint density at radius 2 is 2.00 bits per heavy atom. The second-order valence-electron chi connectivity index (χ2n) is 7.85. The molecule has 0 radical (unpaired) electrons. The Morgan fingerprint density at radius 3 is 2.71 bits per heavy atom. The van der Waals surface area contributed by atoms with Crippen LogP contribution < -0.4 is 11.1 Å². The quantitative estimate of drug-likeness (QED) is 0.566. The minimum Gasteiger partial charge on any atom is -0.391 e. The van der Waals surface area contributed by atoms with E-state index < -0.39 is 23.6 Å². The third-order valence-electron chi connectivity index (χ3n) is 5.69. The molecule has 1 aromatic carbocycles. The number of carbonyl (C=O) groups excluding carboxylic acids is 1. The van der Waals surface area contributed by atoms with E-state index >= 15 is 0 Å². The average Bonchev–Trinajstić information content (AvgIpc) is 3.22. The number of halogens is 2. The summed E-state index contributed by atoms with van der Waals surface area (Å²) in [4.78, 5) is 21.0. The largest absolute Gasteiger partial charge is 0.391 e. The molecule has 4 atom stereocenters. The van der Waals surface area contributed by atoms with Crippen molar-refractivity contribution in [3.8, 4) is 10.6 Å². The van der Waals surface area contributed by atoms with Crippen molar-refractivity contribution in [3.05, 3.63) is 64.9 Å². The van der Waals surface area contributed by atoms with E-state index in [9.17, 15) is 18.7 Å². The second-order valence-corrected chi connectivity index (χ2v) is 8.71. The molecule has 2 heterocycles. The number of aliphatic hydroxyl groups is 1. The van der Waals surface area contributed by atoms with Gasteiger partial charge in [-0.1, -0.05) is 13.0 Å². The first kappa shape index (κ1) is 21.5. The number of nitrogens with zero attached hydrogens (tertiary/aromatic N) is 2. The number of nitrogens with two attached hydrogens (primary N) is 1. The first-order valence-electron chi connectivity index (χ1n) is 9.94. The lowest BCUT2D eigenvalue weighted by Crippen LogP contribution is -2.44. The van der Waals surface area contributed by atoms with E-state index in [0.717, 1.165) is 35.5 Å². The van der Waals surface area contributed by atoms with E-state index in [1.807, 2.05) is 13.0 Å². The van der Waals surface area contributed by atoms with Crippen molar-refractivity contribution >= 4 is 22.9 Å². The molecule has 31 heavy (non-hydrogen) atoms. The average molecular weight is 445 g/mol. The highest BCUT2D eigenvalue weighted by Crippen LogP contribution is 2.38. The van der Waals surface area contributed by atoms with Crippen molar-refractivity contribution in [2.24, 2.45) is 11.7 Å². The maximum Gasteiger partial charge on any atom is 0.275 e. The summed E-state index contributed by atoms with van der Waals surface area (Å²) in [7, 11) is 0. The van der Waals surface area contributed by atoms with Crippen LogP contribution in [0.15, 0.2) is 42.0 Å². The monoisotopic (exact) mass is 444 g/mol. The lowest BCUT2D eigenvalue weighted by molar-refractivity contribution is 0.0521. The maximum atomic E-state index is 14.0. The summed E-state index contributed by atoms with van der Waals surface area (Å²) in [6.07, 6.45) is 3.97. The topological polar surface area (TPSA) is 101 Å². The van der Waals surface area contributed by atoms with Gasteiger partial charge in [0.15, 0.2) is 0 Å². The summed E-state index contributed by atoms with van der Waals surface area (Å²) < 4.78 is 28.1. The number of carbonyl (C=O) groups is 1. The van der Waals surface area contributed by atoms with E-state index in [0.29, 0.717) is 12.1 Å². The van der Waals surface area contributed by atoms with Crippen molar-refractivity contribution in [3.63, 3.8) is 0 Å². The van der Waals surface area contributed by atoms with Crippen molar-refractivity contribution in [1.82, 2.24) is 9.97 Å². The summed E-state index contributed by atoms with van der Waals surface area (Å²) in [6, 6.07) is 5.06. The molecule has 1 amide bonds. The number of benzene rings is 1. The van der Waals surface area contributed by atoms with Gasteiger partial charge >= 0.3 is 0 Å². The summed E-state index contributed by atoms with van der Waals surface area (Å²) >= 11 is 0.991. The van der Waals surface area contributed by atoms with Crippen molar-refractivity contribution < 1.29 is 18.7 Å². The first-order valence-corrected chi connectivity index (χ1v) is 10.8. The highest BCUT2D eigenvalue weighted by molar-refractivity contribution is 7.13. The molecule has 0 bridgehead atoms. The van der Waals surface area contributed by atoms with Gasteiger partial charge in [-0.15, -0.1) is 11.3 Å². The van der Waals surface area contributed by atoms with Gasteiger partial charge in [-0.3, -0.25) is 9.78 Å². The molecule has 1 fully saturated rings. The van der Waals surface area contributed by atoms with Gasteiger partial charge in [0.2, 0.25) is 0 Å². The fourth-order valence-corrected chi connectivity index (χ4v) is 4.92. The third-order valence-corrected chi connectivity index (χ3v) is 6.55. The normalized spacial score (nSPS) is 23.5. The van der Waals surface area contributed by atoms with Gasteiger partial charge in [0.25, 0.3) is 5.91 Å². The Balaban J connectivity index is 1.56. The van der Waals surface area contributed by atoms with Crippen LogP contribution in [0, 0.1) is 17.6 Å². The molecule has 4 N–H and O–H groups in total. The van der Waals surface area contributed by atoms with Gasteiger partial charge in [0.05, 0.1) is 23.6 Å². The Kier molecular flexibility index (Phi) is 6.08. The molecular weight excluding hydrogens is 422 g/mol. The van der Waals surface area contributed by atoms with Gasteiger partial charge in [0, 0.05) is 17.6 Å². The number of aliphatic hydroxyl groups excluding tert-OH is 1. The summed E-state index contributed by atoms with van der Waals surface area (Å²) in [5, 5.41) is 14.5.